The van der Waals surface area contributed by atoms with Gasteiger partial charge in [0, 0.05) is 44.2 Å². The molecule has 3 aromatic rings. The Morgan fingerprint density at radius 2 is 1.97 bits per heavy atom. The minimum absolute atomic E-state index is 0.0428. The summed E-state index contributed by atoms with van der Waals surface area (Å²) in [6.45, 7) is 8.14. The number of aromatic nitrogens is 2. The Labute approximate surface area is 199 Å². The monoisotopic (exact) mass is 463 g/mol. The van der Waals surface area contributed by atoms with Crippen molar-refractivity contribution in [2.45, 2.75) is 45.9 Å². The summed E-state index contributed by atoms with van der Waals surface area (Å²) in [4.78, 5) is 17.5. The number of phenols is 1. The minimum atomic E-state index is -0.190. The average molecular weight is 464 g/mol. The molecule has 1 aromatic heterocycles. The van der Waals surface area contributed by atoms with Gasteiger partial charge in [-0.25, -0.2) is 0 Å². The van der Waals surface area contributed by atoms with Crippen molar-refractivity contribution < 1.29 is 14.6 Å². The summed E-state index contributed by atoms with van der Waals surface area (Å²) in [6.07, 6.45) is 2.30. The van der Waals surface area contributed by atoms with E-state index in [9.17, 15) is 9.90 Å². The predicted octanol–water partition coefficient (Wildman–Crippen LogP) is 3.97. The molecule has 34 heavy (non-hydrogen) atoms. The maximum Gasteiger partial charge on any atom is 0.258 e. The number of H-pyrrole nitrogens is 1. The van der Waals surface area contributed by atoms with Crippen LogP contribution in [0.4, 0.5) is 5.82 Å². The van der Waals surface area contributed by atoms with Crippen molar-refractivity contribution in [1.82, 2.24) is 20.0 Å². The molecule has 8 nitrogen and oxygen atoms in total. The summed E-state index contributed by atoms with van der Waals surface area (Å²) in [5.41, 5.74) is 3.20. The molecule has 0 bridgehead atoms. The number of ether oxygens (including phenoxy) is 1. The van der Waals surface area contributed by atoms with Gasteiger partial charge in [-0.1, -0.05) is 19.9 Å². The quantitative estimate of drug-likeness (QED) is 0.512. The third-order valence-corrected chi connectivity index (χ3v) is 6.74. The fraction of sp³-hybridized carbons (Fsp3) is 0.462. The van der Waals surface area contributed by atoms with E-state index < -0.39 is 0 Å². The van der Waals surface area contributed by atoms with Crippen LogP contribution in [0.3, 0.4) is 0 Å². The first-order valence-electron chi connectivity index (χ1n) is 12.1. The molecular formula is C26H33N5O3. The van der Waals surface area contributed by atoms with Crippen LogP contribution in [0.15, 0.2) is 30.3 Å². The Hall–Kier alpha value is -3.26. The molecule has 1 saturated heterocycles. The lowest BCUT2D eigenvalue weighted by Gasteiger charge is -2.29. The smallest absolute Gasteiger partial charge is 0.258 e. The van der Waals surface area contributed by atoms with Gasteiger partial charge in [-0.3, -0.25) is 9.89 Å². The van der Waals surface area contributed by atoms with E-state index in [1.807, 2.05) is 6.07 Å². The molecule has 0 radical (unpaired) electrons. The number of likely N-dealkylation sites (tertiary alicyclic amines) is 1. The summed E-state index contributed by atoms with van der Waals surface area (Å²) >= 11 is 0. The first-order valence-corrected chi connectivity index (χ1v) is 12.1. The molecule has 2 aliphatic rings. The largest absolute Gasteiger partial charge is 0.507 e. The Morgan fingerprint density at radius 3 is 2.74 bits per heavy atom. The van der Waals surface area contributed by atoms with Gasteiger partial charge >= 0.3 is 0 Å². The number of hydrogen-bond donors (Lipinski definition) is 3. The number of rotatable bonds is 6. The second kappa shape index (κ2) is 9.18. The highest BCUT2D eigenvalue weighted by molar-refractivity contribution is 6.03. The van der Waals surface area contributed by atoms with Crippen LogP contribution in [0.2, 0.25) is 0 Å². The molecule has 2 aromatic carbocycles. The molecule has 3 heterocycles. The highest BCUT2D eigenvalue weighted by Gasteiger charge is 2.28. The summed E-state index contributed by atoms with van der Waals surface area (Å²) in [5, 5.41) is 21.9. The molecule has 0 spiro atoms. The number of carbonyl (C=O) groups is 1. The number of aromatic hydroxyl groups is 1. The molecule has 0 saturated carbocycles. The van der Waals surface area contributed by atoms with Crippen LogP contribution < -0.4 is 10.1 Å². The summed E-state index contributed by atoms with van der Waals surface area (Å²) in [5.74, 6) is 1.79. The molecule has 180 valence electrons. The van der Waals surface area contributed by atoms with Crippen molar-refractivity contribution in [1.29, 1.82) is 0 Å². The van der Waals surface area contributed by atoms with Gasteiger partial charge in [-0.05, 0) is 55.1 Å². The van der Waals surface area contributed by atoms with Crippen LogP contribution >= 0.6 is 0 Å². The average Bonchev–Trinajstić information content (AvgIpc) is 3.41. The van der Waals surface area contributed by atoms with E-state index in [2.05, 4.69) is 53.4 Å². The maximum atomic E-state index is 13.4. The minimum Gasteiger partial charge on any atom is -0.507 e. The Kier molecular flexibility index (Phi) is 6.08. The number of hydrogen-bond acceptors (Lipinski definition) is 6. The number of phenolic OH excluding ortho intramolecular Hbond substituents is 1. The van der Waals surface area contributed by atoms with E-state index in [0.717, 1.165) is 54.7 Å². The van der Waals surface area contributed by atoms with Gasteiger partial charge in [0.05, 0.1) is 11.1 Å². The van der Waals surface area contributed by atoms with Crippen LogP contribution in [-0.4, -0.2) is 63.8 Å². The number of fused-ring (bicyclic) bond motifs is 2. The van der Waals surface area contributed by atoms with Gasteiger partial charge in [-0.2, -0.15) is 5.10 Å². The molecule has 8 heteroatoms. The number of nitrogens with zero attached hydrogens (tertiary/aromatic N) is 3. The standard InChI is InChI=1S/C26H33N5O3/c1-16(2)13-27-25-21-11-22(24(32)12-23(21)28-29-25)26(33)31-14-17-4-5-20(10-18(17)15-31)34-19-6-8-30(3)9-7-19/h4-5,10-12,16,19,32H,6-9,13-15H2,1-3H3,(H2,27,28,29). The van der Waals surface area contributed by atoms with Gasteiger partial charge < -0.3 is 25.0 Å². The molecule has 0 aliphatic carbocycles. The lowest BCUT2D eigenvalue weighted by Crippen LogP contribution is -2.35. The van der Waals surface area contributed by atoms with E-state index in [-0.39, 0.29) is 23.3 Å². The molecule has 1 fully saturated rings. The highest BCUT2D eigenvalue weighted by Crippen LogP contribution is 2.33. The molecule has 1 amide bonds. The normalized spacial score (nSPS) is 16.9. The number of aromatic amines is 1. The summed E-state index contributed by atoms with van der Waals surface area (Å²) < 4.78 is 6.23. The van der Waals surface area contributed by atoms with Crippen LogP contribution in [0.1, 0.15) is 48.2 Å². The number of nitrogens with one attached hydrogen (secondary N) is 2. The van der Waals surface area contributed by atoms with Crippen molar-refractivity contribution in [2.75, 3.05) is 32.0 Å². The summed E-state index contributed by atoms with van der Waals surface area (Å²) in [7, 11) is 2.14. The molecule has 0 unspecified atom stereocenters. The van der Waals surface area contributed by atoms with Crippen molar-refractivity contribution >= 4 is 22.6 Å². The first-order chi connectivity index (χ1) is 16.4. The van der Waals surface area contributed by atoms with Crippen molar-refractivity contribution in [3.8, 4) is 11.5 Å². The number of piperidine rings is 1. The zero-order chi connectivity index (χ0) is 23.8. The van der Waals surface area contributed by atoms with E-state index in [0.29, 0.717) is 30.3 Å². The van der Waals surface area contributed by atoms with Crippen LogP contribution in [0.5, 0.6) is 11.5 Å². The first kappa shape index (κ1) is 22.5. The molecule has 2 aliphatic heterocycles. The topological polar surface area (TPSA) is 93.7 Å². The number of carbonyl (C=O) groups excluding carboxylic acids is 1. The highest BCUT2D eigenvalue weighted by atomic mass is 16.5. The van der Waals surface area contributed by atoms with E-state index >= 15 is 0 Å². The van der Waals surface area contributed by atoms with Crippen LogP contribution in [0.25, 0.3) is 10.9 Å². The molecule has 3 N–H and O–H groups in total. The number of benzene rings is 2. The van der Waals surface area contributed by atoms with E-state index in [4.69, 9.17) is 4.74 Å². The van der Waals surface area contributed by atoms with Gasteiger partial charge in [0.1, 0.15) is 17.6 Å². The van der Waals surface area contributed by atoms with Gasteiger partial charge in [-0.15, -0.1) is 0 Å². The SMILES string of the molecule is CC(C)CNc1n[nH]c2cc(O)c(C(=O)N3Cc4ccc(OC5CCN(C)CC5)cc4C3)cc12. The van der Waals surface area contributed by atoms with Crippen LogP contribution in [-0.2, 0) is 13.1 Å². The Bertz CT molecular complexity index is 1200. The zero-order valence-electron chi connectivity index (χ0n) is 20.1. The summed E-state index contributed by atoms with van der Waals surface area (Å²) in [6, 6.07) is 9.43. The fourth-order valence-electron chi connectivity index (χ4n) is 4.71. The van der Waals surface area contributed by atoms with E-state index in [1.165, 1.54) is 0 Å². The van der Waals surface area contributed by atoms with Crippen LogP contribution in [0, 0.1) is 5.92 Å². The molecular weight excluding hydrogens is 430 g/mol. The second-order valence-corrected chi connectivity index (χ2v) is 9.97. The fourth-order valence-corrected chi connectivity index (χ4v) is 4.71. The zero-order valence-corrected chi connectivity index (χ0v) is 20.1. The van der Waals surface area contributed by atoms with Gasteiger partial charge in [0.15, 0.2) is 5.82 Å². The maximum absolute atomic E-state index is 13.4. The van der Waals surface area contributed by atoms with Crippen molar-refractivity contribution in [3.63, 3.8) is 0 Å². The predicted molar refractivity (Wildman–Crippen MR) is 132 cm³/mol. The Balaban J connectivity index is 1.31. The van der Waals surface area contributed by atoms with Gasteiger partial charge in [0.25, 0.3) is 5.91 Å². The molecule has 5 rings (SSSR count). The lowest BCUT2D eigenvalue weighted by atomic mass is 10.1. The van der Waals surface area contributed by atoms with Crippen molar-refractivity contribution in [3.05, 3.63) is 47.0 Å². The Morgan fingerprint density at radius 1 is 1.21 bits per heavy atom. The molecule has 0 atom stereocenters. The lowest BCUT2D eigenvalue weighted by molar-refractivity contribution is 0.0748. The third kappa shape index (κ3) is 4.55. The second-order valence-electron chi connectivity index (χ2n) is 9.97. The van der Waals surface area contributed by atoms with Crippen molar-refractivity contribution in [2.24, 2.45) is 5.92 Å². The van der Waals surface area contributed by atoms with Gasteiger partial charge in [0.2, 0.25) is 0 Å². The van der Waals surface area contributed by atoms with E-state index in [1.54, 1.807) is 17.0 Å². The third-order valence-electron chi connectivity index (χ3n) is 6.74. The number of amides is 1. The number of anilines is 1.